The van der Waals surface area contributed by atoms with Crippen LogP contribution in [-0.4, -0.2) is 35.7 Å². The van der Waals surface area contributed by atoms with Crippen LogP contribution in [0.25, 0.3) is 0 Å². The van der Waals surface area contributed by atoms with Crippen molar-refractivity contribution in [2.75, 3.05) is 6.26 Å². The van der Waals surface area contributed by atoms with E-state index in [1.54, 1.807) is 0 Å². The molecule has 0 saturated heterocycles. The fourth-order valence-corrected chi connectivity index (χ4v) is 3.03. The first-order valence-electron chi connectivity index (χ1n) is 6.64. The number of amides is 1. The Hall–Kier alpha value is -2.70. The van der Waals surface area contributed by atoms with Crippen molar-refractivity contribution in [1.29, 1.82) is 0 Å². The first-order chi connectivity index (χ1) is 11.6. The smallest absolute Gasteiger partial charge is 0.286 e. The molecule has 12 heteroatoms. The van der Waals surface area contributed by atoms with Crippen LogP contribution in [-0.2, 0) is 16.6 Å². The van der Waals surface area contributed by atoms with Gasteiger partial charge < -0.3 is 0 Å². The third-order valence-electron chi connectivity index (χ3n) is 3.06. The predicted molar refractivity (Wildman–Crippen MR) is 87.1 cm³/mol. The molecule has 132 valence electrons. The zero-order valence-electron chi connectivity index (χ0n) is 12.9. The fraction of sp³-hybridized carbons (Fsp3) is 0.154. The summed E-state index contributed by atoms with van der Waals surface area (Å²) in [7, 11) is -3.91. The van der Waals surface area contributed by atoms with E-state index in [4.69, 9.17) is 5.84 Å². The largest absolute Gasteiger partial charge is 0.287 e. The molecule has 0 aliphatic heterocycles. The topological polar surface area (TPSA) is 145 Å². The Labute approximate surface area is 146 Å². The minimum Gasteiger partial charge on any atom is -0.286 e. The number of pyridine rings is 1. The zero-order chi connectivity index (χ0) is 18.8. The molecule has 1 amide bonds. The number of hydrazine groups is 1. The molecule has 2 N–H and O–H groups in total. The second kappa shape index (κ2) is 7.04. The van der Waals surface area contributed by atoms with Gasteiger partial charge in [0.15, 0.2) is 12.4 Å². The molecule has 0 unspecified atom stereocenters. The summed E-state index contributed by atoms with van der Waals surface area (Å²) in [4.78, 5) is 34.5. The lowest BCUT2D eigenvalue weighted by Gasteiger charge is -2.12. The van der Waals surface area contributed by atoms with Crippen LogP contribution in [0.4, 0.5) is 5.69 Å². The highest BCUT2D eigenvalue weighted by atomic mass is 32.2. The minimum absolute atomic E-state index is 0.0274. The summed E-state index contributed by atoms with van der Waals surface area (Å²) in [6, 6.07) is 3.98. The highest BCUT2D eigenvalue weighted by Crippen LogP contribution is 2.21. The summed E-state index contributed by atoms with van der Waals surface area (Å²) in [5, 5.41) is 11.9. The third-order valence-corrected chi connectivity index (χ3v) is 4.90. The van der Waals surface area contributed by atoms with E-state index in [1.165, 1.54) is 40.5 Å². The van der Waals surface area contributed by atoms with Crippen molar-refractivity contribution in [3.05, 3.63) is 56.5 Å². The minimum atomic E-state index is -3.91. The third kappa shape index (κ3) is 4.43. The number of nitrogens with two attached hydrogens (primary N) is 1. The van der Waals surface area contributed by atoms with Gasteiger partial charge in [0, 0.05) is 12.1 Å². The molecule has 2 rings (SSSR count). The number of sulfonamides is 1. The molecule has 25 heavy (non-hydrogen) atoms. The molecular weight excluding hydrogens is 372 g/mol. The Bertz CT molecular complexity index is 953. The molecule has 10 nitrogen and oxygen atoms in total. The van der Waals surface area contributed by atoms with Crippen molar-refractivity contribution < 1.29 is 27.5 Å². The van der Waals surface area contributed by atoms with Crippen molar-refractivity contribution in [2.24, 2.45) is 5.84 Å². The van der Waals surface area contributed by atoms with Gasteiger partial charge in [-0.05, 0) is 6.07 Å². The molecule has 0 saturated carbocycles. The molecule has 0 fully saturated rings. The molecule has 2 aromatic rings. The Morgan fingerprint density at radius 3 is 2.68 bits per heavy atom. The molecule has 0 aliphatic rings. The molecule has 0 radical (unpaired) electrons. The van der Waals surface area contributed by atoms with Crippen LogP contribution in [0.5, 0.6) is 0 Å². The van der Waals surface area contributed by atoms with E-state index in [0.29, 0.717) is 0 Å². The second-order valence-electron chi connectivity index (χ2n) is 4.98. The summed E-state index contributed by atoms with van der Waals surface area (Å²) in [5.41, 5.74) is -0.199. The maximum Gasteiger partial charge on any atom is 0.287 e. The average Bonchev–Trinajstić information content (AvgIpc) is 3.03. The van der Waals surface area contributed by atoms with E-state index in [0.717, 1.165) is 17.6 Å². The number of thiophene rings is 1. The number of nitrogens with zero attached hydrogens (tertiary/aromatic N) is 3. The SMILES string of the molecule is CS(=O)(=O)N(N)C(=O)c1ccc[n+](CC(=O)c2cc([N+](=O)[O-])cs2)c1. The number of nitro groups is 1. The molecule has 0 atom stereocenters. The number of carbonyl (C=O) groups is 2. The van der Waals surface area contributed by atoms with E-state index in [9.17, 15) is 28.1 Å². The number of aromatic nitrogens is 1. The van der Waals surface area contributed by atoms with Crippen LogP contribution in [0, 0.1) is 10.1 Å². The lowest BCUT2D eigenvalue weighted by atomic mass is 10.2. The summed E-state index contributed by atoms with van der Waals surface area (Å²) in [6.07, 6.45) is 3.56. The van der Waals surface area contributed by atoms with Gasteiger partial charge in [0.1, 0.15) is 5.56 Å². The first-order valence-corrected chi connectivity index (χ1v) is 9.37. The van der Waals surface area contributed by atoms with Gasteiger partial charge in [0.2, 0.25) is 22.4 Å². The summed E-state index contributed by atoms with van der Waals surface area (Å²) >= 11 is 0.945. The van der Waals surface area contributed by atoms with Crippen molar-refractivity contribution in [3.8, 4) is 0 Å². The standard InChI is InChI=1S/C13H13N4O6S2/c1-25(22,23)16(14)13(19)9-3-2-4-15(6-9)7-11(18)12-5-10(8-24-12)17(20)21/h2-6,8H,7,14H2,1H3/q+1. The Balaban J connectivity index is 2.19. The zero-order valence-corrected chi connectivity index (χ0v) is 14.5. The normalized spacial score (nSPS) is 11.1. The number of carbonyl (C=O) groups excluding carboxylic acids is 2. The maximum atomic E-state index is 12.2. The first kappa shape index (κ1) is 18.6. The lowest BCUT2D eigenvalue weighted by Crippen LogP contribution is -2.44. The quantitative estimate of drug-likeness (QED) is 0.185. The highest BCUT2D eigenvalue weighted by molar-refractivity contribution is 7.88. The summed E-state index contributed by atoms with van der Waals surface area (Å²) < 4.78 is 24.1. The van der Waals surface area contributed by atoms with Crippen molar-refractivity contribution in [3.63, 3.8) is 0 Å². The number of Topliss-reactive ketones (excluding diaryl/α,β-unsaturated/α-hetero) is 1. The van der Waals surface area contributed by atoms with E-state index < -0.39 is 20.9 Å². The van der Waals surface area contributed by atoms with Gasteiger partial charge in [-0.3, -0.25) is 19.7 Å². The van der Waals surface area contributed by atoms with Gasteiger partial charge in [0.05, 0.1) is 21.4 Å². The highest BCUT2D eigenvalue weighted by Gasteiger charge is 2.24. The number of rotatable bonds is 6. The molecular formula is C13H13N4O6S2+. The van der Waals surface area contributed by atoms with Crippen LogP contribution in [0.3, 0.4) is 0 Å². The van der Waals surface area contributed by atoms with Crippen LogP contribution < -0.4 is 10.4 Å². The molecule has 0 spiro atoms. The van der Waals surface area contributed by atoms with E-state index in [-0.39, 0.29) is 32.9 Å². The molecule has 2 heterocycles. The van der Waals surface area contributed by atoms with Crippen LogP contribution in [0.2, 0.25) is 0 Å². The second-order valence-corrected chi connectivity index (χ2v) is 7.75. The molecule has 0 aliphatic carbocycles. The van der Waals surface area contributed by atoms with Crippen LogP contribution in [0.15, 0.2) is 36.0 Å². The lowest BCUT2D eigenvalue weighted by molar-refractivity contribution is -0.683. The number of ketones is 1. The van der Waals surface area contributed by atoms with Crippen LogP contribution in [0.1, 0.15) is 20.0 Å². The van der Waals surface area contributed by atoms with Crippen LogP contribution >= 0.6 is 11.3 Å². The van der Waals surface area contributed by atoms with Gasteiger partial charge in [-0.2, -0.15) is 8.98 Å². The molecule has 2 aromatic heterocycles. The molecule has 0 bridgehead atoms. The Morgan fingerprint density at radius 1 is 1.44 bits per heavy atom. The van der Waals surface area contributed by atoms with E-state index >= 15 is 0 Å². The van der Waals surface area contributed by atoms with Gasteiger partial charge in [0.25, 0.3) is 11.6 Å². The Kier molecular flexibility index (Phi) is 5.25. The van der Waals surface area contributed by atoms with Gasteiger partial charge >= 0.3 is 0 Å². The van der Waals surface area contributed by atoms with E-state index in [1.807, 2.05) is 0 Å². The van der Waals surface area contributed by atoms with Gasteiger partial charge in [-0.1, -0.05) is 0 Å². The maximum absolute atomic E-state index is 12.2. The summed E-state index contributed by atoms with van der Waals surface area (Å²) in [6.45, 7) is -0.178. The van der Waals surface area contributed by atoms with Crippen molar-refractivity contribution >= 4 is 38.7 Å². The number of hydrogen-bond acceptors (Lipinski definition) is 8. The number of hydrogen-bond donors (Lipinski definition) is 1. The van der Waals surface area contributed by atoms with Crippen molar-refractivity contribution in [1.82, 2.24) is 4.41 Å². The summed E-state index contributed by atoms with van der Waals surface area (Å²) in [5.74, 6) is 3.92. The van der Waals surface area contributed by atoms with E-state index in [2.05, 4.69) is 0 Å². The fourth-order valence-electron chi connectivity index (χ4n) is 1.84. The molecule has 0 aromatic carbocycles. The average molecular weight is 385 g/mol. The predicted octanol–water partition coefficient (Wildman–Crippen LogP) is 0.102. The van der Waals surface area contributed by atoms with Gasteiger partial charge in [-0.25, -0.2) is 14.3 Å². The van der Waals surface area contributed by atoms with Gasteiger partial charge in [-0.15, -0.1) is 11.3 Å². The monoisotopic (exact) mass is 385 g/mol. The van der Waals surface area contributed by atoms with Crippen molar-refractivity contribution in [2.45, 2.75) is 6.54 Å². The Morgan fingerprint density at radius 2 is 2.12 bits per heavy atom.